The van der Waals surface area contributed by atoms with Gasteiger partial charge in [0, 0.05) is 12.2 Å². The van der Waals surface area contributed by atoms with Gasteiger partial charge in [-0.3, -0.25) is 4.90 Å². The Balaban J connectivity index is 3.37. The van der Waals surface area contributed by atoms with Crippen LogP contribution in [0.1, 0.15) is 65.7 Å². The van der Waals surface area contributed by atoms with Gasteiger partial charge in [-0.1, -0.05) is 59.0 Å². The van der Waals surface area contributed by atoms with Gasteiger partial charge in [-0.2, -0.15) is 0 Å². The van der Waals surface area contributed by atoms with Crippen molar-refractivity contribution >= 4 is 0 Å². The quantitative estimate of drug-likeness (QED) is 0.399. The fourth-order valence-electron chi connectivity index (χ4n) is 2.36. The lowest BCUT2D eigenvalue weighted by atomic mass is 10.1. The van der Waals surface area contributed by atoms with Gasteiger partial charge in [0.1, 0.15) is 0 Å². The molecule has 0 aromatic heterocycles. The van der Waals surface area contributed by atoms with Crippen molar-refractivity contribution in [2.45, 2.75) is 71.8 Å². The maximum absolute atomic E-state index is 5.52. The Labute approximate surface area is 133 Å². The molecule has 1 unspecified atom stereocenters. The lowest BCUT2D eigenvalue weighted by Crippen LogP contribution is -2.30. The molecule has 2 nitrogen and oxygen atoms in total. The minimum absolute atomic E-state index is 0.310. The van der Waals surface area contributed by atoms with Gasteiger partial charge < -0.3 is 5.32 Å². The van der Waals surface area contributed by atoms with Gasteiger partial charge >= 0.3 is 0 Å². The zero-order valence-corrected chi connectivity index (χ0v) is 14.8. The average Bonchev–Trinajstić information content (AvgIpc) is 2.46. The maximum Gasteiger partial charge on any atom is 0.0706 e. The van der Waals surface area contributed by atoms with Crippen LogP contribution < -0.4 is 5.32 Å². The van der Waals surface area contributed by atoms with E-state index in [1.54, 1.807) is 0 Å². The van der Waals surface area contributed by atoms with E-state index in [-0.39, 0.29) is 0 Å². The van der Waals surface area contributed by atoms with E-state index in [9.17, 15) is 0 Å². The Morgan fingerprint density at radius 2 is 1.71 bits per heavy atom. The fourth-order valence-corrected chi connectivity index (χ4v) is 2.36. The molecule has 0 radical (unpaired) electrons. The van der Waals surface area contributed by atoms with Gasteiger partial charge in [-0.25, -0.2) is 0 Å². The molecule has 2 heteroatoms. The summed E-state index contributed by atoms with van der Waals surface area (Å²) in [4.78, 5) is 2.31. The monoisotopic (exact) mass is 292 g/mol. The van der Waals surface area contributed by atoms with E-state index >= 15 is 0 Å². The molecule has 0 bridgehead atoms. The van der Waals surface area contributed by atoms with Crippen molar-refractivity contribution in [1.29, 1.82) is 0 Å². The molecule has 0 saturated carbocycles. The van der Waals surface area contributed by atoms with Crippen LogP contribution in [0, 0.1) is 18.3 Å². The predicted octanol–water partition coefficient (Wildman–Crippen LogP) is 4.43. The van der Waals surface area contributed by atoms with Crippen LogP contribution in [0.3, 0.4) is 0 Å². The number of hydrogen-bond donors (Lipinski definition) is 1. The molecule has 0 saturated heterocycles. The second-order valence-corrected chi connectivity index (χ2v) is 6.30. The standard InChI is InChI=1S/C19H36N2/c1-7-19(8-2)21(6)16-14-12-10-9-11-13-15-20-18(5)17(3)4/h1,17,19-20H,5,8-16H2,2-4,6H3. The van der Waals surface area contributed by atoms with Crippen molar-refractivity contribution in [2.75, 3.05) is 20.1 Å². The van der Waals surface area contributed by atoms with Crippen LogP contribution in [-0.2, 0) is 0 Å². The van der Waals surface area contributed by atoms with Crippen molar-refractivity contribution in [3.8, 4) is 12.3 Å². The highest BCUT2D eigenvalue weighted by Gasteiger charge is 2.07. The van der Waals surface area contributed by atoms with Crippen LogP contribution in [-0.4, -0.2) is 31.1 Å². The summed E-state index contributed by atoms with van der Waals surface area (Å²) >= 11 is 0. The smallest absolute Gasteiger partial charge is 0.0706 e. The van der Waals surface area contributed by atoms with Gasteiger partial charge in [0.2, 0.25) is 0 Å². The van der Waals surface area contributed by atoms with Crippen molar-refractivity contribution in [3.63, 3.8) is 0 Å². The van der Waals surface area contributed by atoms with Crippen LogP contribution in [0.4, 0.5) is 0 Å². The number of nitrogens with one attached hydrogen (secondary N) is 1. The van der Waals surface area contributed by atoms with Crippen LogP contribution in [0.5, 0.6) is 0 Å². The van der Waals surface area contributed by atoms with Crippen LogP contribution in [0.15, 0.2) is 12.3 Å². The molecule has 0 aliphatic carbocycles. The molecule has 0 aliphatic rings. The average molecular weight is 293 g/mol. The first-order valence-corrected chi connectivity index (χ1v) is 8.61. The van der Waals surface area contributed by atoms with E-state index in [0.717, 1.165) is 25.2 Å². The molecule has 0 amide bonds. The van der Waals surface area contributed by atoms with E-state index in [4.69, 9.17) is 6.42 Å². The van der Waals surface area contributed by atoms with Gasteiger partial charge in [-0.05, 0) is 38.8 Å². The fraction of sp³-hybridized carbons (Fsp3) is 0.789. The molecule has 1 N–H and O–H groups in total. The molecular formula is C19H36N2. The van der Waals surface area contributed by atoms with Gasteiger partial charge in [-0.15, -0.1) is 6.42 Å². The number of allylic oxidation sites excluding steroid dienone is 1. The van der Waals surface area contributed by atoms with Gasteiger partial charge in [0.05, 0.1) is 6.04 Å². The molecular weight excluding hydrogens is 256 g/mol. The Kier molecular flexibility index (Phi) is 12.2. The lowest BCUT2D eigenvalue weighted by molar-refractivity contribution is 0.276. The van der Waals surface area contributed by atoms with E-state index in [0.29, 0.717) is 12.0 Å². The molecule has 1 atom stereocenters. The minimum Gasteiger partial charge on any atom is -0.389 e. The molecule has 0 heterocycles. The highest BCUT2D eigenvalue weighted by Crippen LogP contribution is 2.08. The van der Waals surface area contributed by atoms with E-state index in [1.807, 2.05) is 0 Å². The highest BCUT2D eigenvalue weighted by molar-refractivity contribution is 4.98. The van der Waals surface area contributed by atoms with Crippen LogP contribution in [0.25, 0.3) is 0 Å². The van der Waals surface area contributed by atoms with Crippen molar-refractivity contribution in [1.82, 2.24) is 10.2 Å². The minimum atomic E-state index is 0.310. The summed E-state index contributed by atoms with van der Waals surface area (Å²) in [6.45, 7) is 12.7. The zero-order chi connectivity index (χ0) is 16.1. The topological polar surface area (TPSA) is 15.3 Å². The summed E-state index contributed by atoms with van der Waals surface area (Å²) in [7, 11) is 2.14. The third-order valence-corrected chi connectivity index (χ3v) is 4.10. The first-order valence-electron chi connectivity index (χ1n) is 8.61. The summed E-state index contributed by atoms with van der Waals surface area (Å²) in [6, 6.07) is 0.310. The maximum atomic E-state index is 5.52. The highest BCUT2D eigenvalue weighted by atomic mass is 15.1. The Hall–Kier alpha value is -0.940. The van der Waals surface area contributed by atoms with Crippen molar-refractivity contribution < 1.29 is 0 Å². The lowest BCUT2D eigenvalue weighted by Gasteiger charge is -2.22. The number of unbranched alkanes of at least 4 members (excludes halogenated alkanes) is 5. The second-order valence-electron chi connectivity index (χ2n) is 6.30. The van der Waals surface area contributed by atoms with Crippen molar-refractivity contribution in [2.24, 2.45) is 5.92 Å². The first-order chi connectivity index (χ1) is 10.0. The van der Waals surface area contributed by atoms with Gasteiger partial charge in [0.25, 0.3) is 0 Å². The molecule has 122 valence electrons. The van der Waals surface area contributed by atoms with E-state index in [2.05, 4.69) is 50.5 Å². The Bertz CT molecular complexity index is 301. The third-order valence-electron chi connectivity index (χ3n) is 4.10. The summed E-state index contributed by atoms with van der Waals surface area (Å²) in [5.41, 5.74) is 1.16. The summed E-state index contributed by atoms with van der Waals surface area (Å²) in [6.07, 6.45) is 14.4. The zero-order valence-electron chi connectivity index (χ0n) is 14.8. The van der Waals surface area contributed by atoms with E-state index < -0.39 is 0 Å². The number of rotatable bonds is 13. The van der Waals surface area contributed by atoms with Gasteiger partial charge in [0.15, 0.2) is 0 Å². The summed E-state index contributed by atoms with van der Waals surface area (Å²) < 4.78 is 0. The molecule has 0 aromatic rings. The van der Waals surface area contributed by atoms with Crippen molar-refractivity contribution in [3.05, 3.63) is 12.3 Å². The molecule has 21 heavy (non-hydrogen) atoms. The SMILES string of the molecule is C#CC(CC)N(C)CCCCCCCCNC(=C)C(C)C. The Morgan fingerprint density at radius 3 is 2.24 bits per heavy atom. The number of hydrogen-bond acceptors (Lipinski definition) is 2. The summed E-state index contributed by atoms with van der Waals surface area (Å²) in [5, 5.41) is 3.40. The second kappa shape index (κ2) is 12.8. The van der Waals surface area contributed by atoms with Crippen LogP contribution >= 0.6 is 0 Å². The molecule has 0 rings (SSSR count). The number of terminal acetylenes is 1. The molecule has 0 spiro atoms. The predicted molar refractivity (Wildman–Crippen MR) is 95.2 cm³/mol. The first kappa shape index (κ1) is 20.1. The van der Waals surface area contributed by atoms with Crippen LogP contribution in [0.2, 0.25) is 0 Å². The van der Waals surface area contributed by atoms with E-state index in [1.165, 1.54) is 38.5 Å². The summed E-state index contributed by atoms with van der Waals surface area (Å²) in [5.74, 6) is 3.39. The molecule has 0 aliphatic heterocycles. The normalized spacial score (nSPS) is 12.4. The molecule has 0 aromatic carbocycles. The Morgan fingerprint density at radius 1 is 1.14 bits per heavy atom. The largest absolute Gasteiger partial charge is 0.389 e. The third kappa shape index (κ3) is 10.4. The molecule has 0 fully saturated rings. The number of nitrogens with zero attached hydrogens (tertiary/aromatic N) is 1.